The summed E-state index contributed by atoms with van der Waals surface area (Å²) in [6, 6.07) is 0. The Hall–Kier alpha value is -0.160. The van der Waals surface area contributed by atoms with Crippen LogP contribution >= 0.6 is 0 Å². The molecule has 0 aromatic carbocycles. The van der Waals surface area contributed by atoms with Gasteiger partial charge in [0.05, 0.1) is 12.2 Å². The highest BCUT2D eigenvalue weighted by molar-refractivity contribution is 4.78. The van der Waals surface area contributed by atoms with Gasteiger partial charge in [-0.05, 0) is 25.7 Å². The maximum atomic E-state index is 5.62. The smallest absolute Gasteiger partial charge is 0.230 e. The molecule has 2 heterocycles. The zero-order chi connectivity index (χ0) is 16.4. The standard InChI is InChI=1S/C19H36O4/c1-3-5-7-9-11-17-13-15-19(22-20-17)16-14-18(21-23-19)12-10-8-6-4-2/h17-18H,3-16H2,1-2H3. The Morgan fingerprint density at radius 2 is 1.17 bits per heavy atom. The summed E-state index contributed by atoms with van der Waals surface area (Å²) in [6.45, 7) is 4.48. The van der Waals surface area contributed by atoms with E-state index in [0.29, 0.717) is 0 Å². The zero-order valence-electron chi connectivity index (χ0n) is 15.2. The van der Waals surface area contributed by atoms with Gasteiger partial charge in [0, 0.05) is 12.8 Å². The summed E-state index contributed by atoms with van der Waals surface area (Å²) in [4.78, 5) is 22.4. The summed E-state index contributed by atoms with van der Waals surface area (Å²) in [5.74, 6) is -0.639. The normalized spacial score (nSPS) is 31.6. The third-order valence-corrected chi connectivity index (χ3v) is 5.13. The molecule has 2 saturated heterocycles. The first kappa shape index (κ1) is 19.2. The van der Waals surface area contributed by atoms with Crippen molar-refractivity contribution in [3.63, 3.8) is 0 Å². The molecule has 2 aliphatic heterocycles. The van der Waals surface area contributed by atoms with Gasteiger partial charge in [-0.1, -0.05) is 65.2 Å². The predicted molar refractivity (Wildman–Crippen MR) is 90.6 cm³/mol. The van der Waals surface area contributed by atoms with Gasteiger partial charge < -0.3 is 0 Å². The monoisotopic (exact) mass is 328 g/mol. The minimum Gasteiger partial charge on any atom is -0.230 e. The van der Waals surface area contributed by atoms with Crippen molar-refractivity contribution in [1.82, 2.24) is 0 Å². The second-order valence-corrected chi connectivity index (χ2v) is 7.29. The summed E-state index contributed by atoms with van der Waals surface area (Å²) in [6.07, 6.45) is 16.7. The van der Waals surface area contributed by atoms with Gasteiger partial charge in [0.2, 0.25) is 5.79 Å². The van der Waals surface area contributed by atoms with E-state index >= 15 is 0 Å². The van der Waals surface area contributed by atoms with E-state index in [1.807, 2.05) is 0 Å². The van der Waals surface area contributed by atoms with Crippen molar-refractivity contribution in [2.24, 2.45) is 0 Å². The van der Waals surface area contributed by atoms with Gasteiger partial charge in [-0.2, -0.15) is 9.78 Å². The number of rotatable bonds is 10. The lowest BCUT2D eigenvalue weighted by atomic mass is 9.95. The highest BCUT2D eigenvalue weighted by atomic mass is 17.3. The molecule has 0 N–H and O–H groups in total. The van der Waals surface area contributed by atoms with E-state index in [-0.39, 0.29) is 12.2 Å². The lowest BCUT2D eigenvalue weighted by Crippen LogP contribution is -2.46. The largest absolute Gasteiger partial charge is 0.234 e. The van der Waals surface area contributed by atoms with Gasteiger partial charge in [-0.15, -0.1) is 0 Å². The predicted octanol–water partition coefficient (Wildman–Crippen LogP) is 5.84. The Bertz CT molecular complexity index is 258. The van der Waals surface area contributed by atoms with Crippen molar-refractivity contribution in [1.29, 1.82) is 0 Å². The summed E-state index contributed by atoms with van der Waals surface area (Å²) in [7, 11) is 0. The van der Waals surface area contributed by atoms with Crippen molar-refractivity contribution >= 4 is 0 Å². The van der Waals surface area contributed by atoms with E-state index in [1.165, 1.54) is 51.4 Å². The van der Waals surface area contributed by atoms with E-state index in [1.54, 1.807) is 0 Å². The molecule has 4 nitrogen and oxygen atoms in total. The summed E-state index contributed by atoms with van der Waals surface area (Å²) in [5, 5.41) is 0. The Labute approximate surface area is 142 Å². The molecule has 2 unspecified atom stereocenters. The number of hydrogen-bond acceptors (Lipinski definition) is 4. The van der Waals surface area contributed by atoms with Gasteiger partial charge >= 0.3 is 0 Å². The van der Waals surface area contributed by atoms with E-state index in [2.05, 4.69) is 13.8 Å². The van der Waals surface area contributed by atoms with Crippen molar-refractivity contribution < 1.29 is 19.6 Å². The first-order valence-corrected chi connectivity index (χ1v) is 9.97. The second-order valence-electron chi connectivity index (χ2n) is 7.29. The molecule has 4 heteroatoms. The van der Waals surface area contributed by atoms with Crippen LogP contribution in [0, 0.1) is 0 Å². The molecule has 2 rings (SSSR count). The molecule has 0 radical (unpaired) electrons. The van der Waals surface area contributed by atoms with Crippen LogP contribution in [0.4, 0.5) is 0 Å². The molecule has 23 heavy (non-hydrogen) atoms. The molecule has 0 bridgehead atoms. The van der Waals surface area contributed by atoms with Crippen molar-refractivity contribution in [3.8, 4) is 0 Å². The van der Waals surface area contributed by atoms with Crippen molar-refractivity contribution in [3.05, 3.63) is 0 Å². The third kappa shape index (κ3) is 6.69. The molecule has 2 atom stereocenters. The summed E-state index contributed by atoms with van der Waals surface area (Å²) < 4.78 is 0. The Kier molecular flexibility index (Phi) is 8.88. The fourth-order valence-electron chi connectivity index (χ4n) is 3.46. The molecular weight excluding hydrogens is 292 g/mol. The van der Waals surface area contributed by atoms with Gasteiger partial charge in [-0.3, -0.25) is 0 Å². The fourth-order valence-corrected chi connectivity index (χ4v) is 3.46. The Balaban J connectivity index is 1.58. The SMILES string of the molecule is CCCCCCC1CCC2(CCC(CCCCCC)OO2)OO1. The molecule has 0 aromatic rings. The van der Waals surface area contributed by atoms with Crippen LogP contribution < -0.4 is 0 Å². The molecule has 0 aromatic heterocycles. The summed E-state index contributed by atoms with van der Waals surface area (Å²) >= 11 is 0. The average Bonchev–Trinajstić information content (AvgIpc) is 2.59. The molecule has 1 spiro atoms. The Morgan fingerprint density at radius 1 is 0.696 bits per heavy atom. The molecule has 2 fully saturated rings. The quantitative estimate of drug-likeness (QED) is 0.372. The minimum atomic E-state index is -0.639. The van der Waals surface area contributed by atoms with Crippen LogP contribution in [-0.4, -0.2) is 18.0 Å². The van der Waals surface area contributed by atoms with Crippen LogP contribution in [0.15, 0.2) is 0 Å². The third-order valence-electron chi connectivity index (χ3n) is 5.13. The van der Waals surface area contributed by atoms with E-state index < -0.39 is 5.79 Å². The maximum absolute atomic E-state index is 5.62. The lowest BCUT2D eigenvalue weighted by Gasteiger charge is -2.41. The minimum absolute atomic E-state index is 0.229. The second kappa shape index (κ2) is 10.7. The van der Waals surface area contributed by atoms with Gasteiger partial charge in [0.25, 0.3) is 0 Å². The lowest BCUT2D eigenvalue weighted by molar-refractivity contribution is -0.558. The van der Waals surface area contributed by atoms with Crippen molar-refractivity contribution in [2.45, 2.75) is 122 Å². The fraction of sp³-hybridized carbons (Fsp3) is 1.00. The highest BCUT2D eigenvalue weighted by Gasteiger charge is 2.44. The van der Waals surface area contributed by atoms with Crippen molar-refractivity contribution in [2.75, 3.05) is 0 Å². The van der Waals surface area contributed by atoms with Gasteiger partial charge in [0.1, 0.15) is 0 Å². The van der Waals surface area contributed by atoms with E-state index in [0.717, 1.165) is 38.5 Å². The molecule has 0 amide bonds. The highest BCUT2D eigenvalue weighted by Crippen LogP contribution is 2.38. The topological polar surface area (TPSA) is 36.9 Å². The molecule has 0 aliphatic carbocycles. The van der Waals surface area contributed by atoms with Crippen LogP contribution in [0.1, 0.15) is 104 Å². The molecule has 0 saturated carbocycles. The zero-order valence-corrected chi connectivity index (χ0v) is 15.2. The van der Waals surface area contributed by atoms with Crippen LogP contribution in [0.2, 0.25) is 0 Å². The van der Waals surface area contributed by atoms with Gasteiger partial charge in [0.15, 0.2) is 0 Å². The number of unbranched alkanes of at least 4 members (excludes halogenated alkanes) is 6. The molecule has 136 valence electrons. The van der Waals surface area contributed by atoms with Crippen LogP contribution in [-0.2, 0) is 19.6 Å². The molecular formula is C19H36O4. The number of hydrogen-bond donors (Lipinski definition) is 0. The van der Waals surface area contributed by atoms with Crippen LogP contribution in [0.3, 0.4) is 0 Å². The van der Waals surface area contributed by atoms with E-state index in [9.17, 15) is 0 Å². The van der Waals surface area contributed by atoms with Crippen LogP contribution in [0.25, 0.3) is 0 Å². The average molecular weight is 328 g/mol. The Morgan fingerprint density at radius 3 is 1.52 bits per heavy atom. The molecule has 2 aliphatic rings. The summed E-state index contributed by atoms with van der Waals surface area (Å²) in [5.41, 5.74) is 0. The van der Waals surface area contributed by atoms with Crippen LogP contribution in [0.5, 0.6) is 0 Å². The van der Waals surface area contributed by atoms with Gasteiger partial charge in [-0.25, -0.2) is 9.78 Å². The first-order valence-electron chi connectivity index (χ1n) is 9.97. The first-order chi connectivity index (χ1) is 11.3. The maximum Gasteiger partial charge on any atom is 0.234 e. The van der Waals surface area contributed by atoms with E-state index in [4.69, 9.17) is 19.6 Å².